The van der Waals surface area contributed by atoms with Crippen LogP contribution in [0.2, 0.25) is 0 Å². The maximum absolute atomic E-state index is 13.9. The van der Waals surface area contributed by atoms with Crippen molar-refractivity contribution in [2.24, 2.45) is 0 Å². The average Bonchev–Trinajstić information content (AvgIpc) is 2.96. The molecule has 9 nitrogen and oxygen atoms in total. The van der Waals surface area contributed by atoms with E-state index in [1.165, 1.54) is 39.0 Å². The zero-order chi connectivity index (χ0) is 30.9. The van der Waals surface area contributed by atoms with Gasteiger partial charge in [-0.3, -0.25) is 9.59 Å². The van der Waals surface area contributed by atoms with Crippen LogP contribution in [0.5, 0.6) is 5.75 Å². The number of phenolic OH excluding ortho intramolecular Hbond substituents is 1. The Balaban J connectivity index is 1.50. The molecular weight excluding hydrogens is 570 g/mol. The summed E-state index contributed by atoms with van der Waals surface area (Å²) in [7, 11) is 1.54. The van der Waals surface area contributed by atoms with Crippen LogP contribution >= 0.6 is 0 Å². The van der Waals surface area contributed by atoms with E-state index in [0.717, 1.165) is 17.7 Å². The van der Waals surface area contributed by atoms with E-state index in [4.69, 9.17) is 0 Å². The fourth-order valence-corrected chi connectivity index (χ4v) is 5.51. The summed E-state index contributed by atoms with van der Waals surface area (Å²) >= 11 is 0. The van der Waals surface area contributed by atoms with Crippen molar-refractivity contribution >= 4 is 17.8 Å². The Morgan fingerprint density at radius 1 is 1.00 bits per heavy atom. The lowest BCUT2D eigenvalue weighted by molar-refractivity contribution is -0.187. The van der Waals surface area contributed by atoms with Gasteiger partial charge in [0, 0.05) is 26.6 Å². The van der Waals surface area contributed by atoms with Crippen molar-refractivity contribution in [1.82, 2.24) is 25.1 Å². The molecule has 0 spiro atoms. The number of nitrogens with one attached hydrogen (secondary N) is 1. The van der Waals surface area contributed by atoms with E-state index in [1.807, 2.05) is 30.3 Å². The van der Waals surface area contributed by atoms with Gasteiger partial charge in [-0.25, -0.2) is 19.2 Å². The van der Waals surface area contributed by atoms with E-state index in [9.17, 15) is 37.1 Å². The molecule has 13 heteroatoms. The predicted octanol–water partition coefficient (Wildman–Crippen LogP) is 3.73. The monoisotopic (exact) mass is 599 g/mol. The second kappa shape index (κ2) is 11.9. The Bertz CT molecular complexity index is 1500. The van der Waals surface area contributed by atoms with E-state index in [0.29, 0.717) is 11.6 Å². The third kappa shape index (κ3) is 6.41. The van der Waals surface area contributed by atoms with Gasteiger partial charge in [-0.1, -0.05) is 48.5 Å². The zero-order valence-electron chi connectivity index (χ0n) is 23.1. The molecule has 0 saturated carbocycles. The van der Waals surface area contributed by atoms with E-state index in [-0.39, 0.29) is 37.4 Å². The third-order valence-corrected chi connectivity index (χ3v) is 7.54. The lowest BCUT2D eigenvalue weighted by Gasteiger charge is -2.54. The second-order valence-electron chi connectivity index (χ2n) is 10.5. The minimum Gasteiger partial charge on any atom is -0.508 e. The highest BCUT2D eigenvalue weighted by molar-refractivity contribution is 5.91. The molecule has 4 amide bonds. The molecule has 0 bridgehead atoms. The molecule has 0 unspecified atom stereocenters. The zero-order valence-corrected chi connectivity index (χ0v) is 23.1. The number of hydrazine groups is 1. The summed E-state index contributed by atoms with van der Waals surface area (Å²) < 4.78 is 55.3. The molecule has 0 aromatic heterocycles. The Hall–Kier alpha value is -4.65. The van der Waals surface area contributed by atoms with E-state index >= 15 is 0 Å². The normalized spacial score (nSPS) is 19.4. The number of benzene rings is 3. The molecule has 2 aliphatic rings. The number of fused-ring (bicyclic) bond motifs is 1. The number of alkyl halides is 3. The Morgan fingerprint density at radius 3 is 2.37 bits per heavy atom. The minimum absolute atomic E-state index is 0.00819. The highest BCUT2D eigenvalue weighted by Gasteiger charge is 2.51. The fourth-order valence-electron chi connectivity index (χ4n) is 5.51. The second-order valence-corrected chi connectivity index (χ2v) is 10.5. The Kier molecular flexibility index (Phi) is 8.27. The number of amides is 4. The van der Waals surface area contributed by atoms with E-state index in [2.05, 4.69) is 5.32 Å². The lowest BCUT2D eigenvalue weighted by Crippen LogP contribution is -2.76. The third-order valence-electron chi connectivity index (χ3n) is 7.54. The van der Waals surface area contributed by atoms with Gasteiger partial charge in [-0.05, 0) is 41.0 Å². The molecule has 2 heterocycles. The molecule has 0 radical (unpaired) electrons. The van der Waals surface area contributed by atoms with E-state index in [1.54, 1.807) is 12.1 Å². The topological polar surface area (TPSA) is 96.4 Å². The van der Waals surface area contributed by atoms with Gasteiger partial charge >= 0.3 is 12.2 Å². The molecule has 0 aliphatic carbocycles. The average molecular weight is 600 g/mol. The largest absolute Gasteiger partial charge is 0.508 e. The summed E-state index contributed by atoms with van der Waals surface area (Å²) in [6, 6.07) is 15.6. The summed E-state index contributed by atoms with van der Waals surface area (Å²) in [5.41, 5.74) is -0.131. The van der Waals surface area contributed by atoms with Crippen molar-refractivity contribution < 1.29 is 37.1 Å². The quantitative estimate of drug-likeness (QED) is 0.421. The van der Waals surface area contributed by atoms with Crippen LogP contribution < -0.4 is 5.32 Å². The van der Waals surface area contributed by atoms with Crippen LogP contribution in [0.3, 0.4) is 0 Å². The van der Waals surface area contributed by atoms with Crippen LogP contribution in [-0.4, -0.2) is 75.1 Å². The lowest BCUT2D eigenvalue weighted by atomic mass is 9.97. The van der Waals surface area contributed by atoms with Crippen LogP contribution in [0, 0.1) is 5.82 Å². The number of urea groups is 1. The van der Waals surface area contributed by atoms with Crippen molar-refractivity contribution in [3.05, 3.63) is 101 Å². The number of nitrogens with zero attached hydrogens (tertiary/aromatic N) is 4. The highest BCUT2D eigenvalue weighted by Crippen LogP contribution is 2.35. The van der Waals surface area contributed by atoms with Crippen molar-refractivity contribution in [2.45, 2.75) is 37.9 Å². The molecule has 2 aliphatic heterocycles. The number of halogens is 4. The molecule has 2 atom stereocenters. The Morgan fingerprint density at radius 2 is 1.70 bits per heavy atom. The molecule has 43 heavy (non-hydrogen) atoms. The number of rotatable bonds is 6. The van der Waals surface area contributed by atoms with Crippen molar-refractivity contribution in [2.75, 3.05) is 20.1 Å². The van der Waals surface area contributed by atoms with Crippen molar-refractivity contribution in [3.63, 3.8) is 0 Å². The molecule has 5 rings (SSSR count). The number of piperazine rings is 1. The number of carbonyl (C=O) groups excluding carboxylic acids is 3. The van der Waals surface area contributed by atoms with Gasteiger partial charge in [0.25, 0.3) is 0 Å². The van der Waals surface area contributed by atoms with Gasteiger partial charge in [0.1, 0.15) is 23.8 Å². The minimum atomic E-state index is -4.88. The molecule has 3 aromatic carbocycles. The summed E-state index contributed by atoms with van der Waals surface area (Å²) in [4.78, 5) is 43.3. The molecule has 2 saturated heterocycles. The molecule has 226 valence electrons. The van der Waals surface area contributed by atoms with Gasteiger partial charge in [-0.15, -0.1) is 0 Å². The number of hydrogen-bond donors (Lipinski definition) is 2. The highest BCUT2D eigenvalue weighted by atomic mass is 19.4. The number of phenols is 1. The standard InChI is InChI=1S/C30H29F4N5O4/c1-36-18-27(41)38-25(13-19-7-11-23(40)12-8-19)28(42)37(16-21-9-10-22(31)14-24(21)30(32,33)34)17-26(38)39(36)29(43)35-15-20-5-3-2-4-6-20/h2-12,14,25-26,40H,13,15-18H2,1H3,(H,35,43)/t25-,26-/m0/s1. The first-order chi connectivity index (χ1) is 20.4. The SMILES string of the molecule is CN1CC(=O)N2[C@@H](Cc3ccc(O)cc3)C(=O)N(Cc3ccc(F)cc3C(F)(F)F)C[C@@H]2N1C(=O)NCc1ccccc1. The number of likely N-dealkylation sites (N-methyl/N-ethyl adjacent to an activating group) is 1. The Labute approximate surface area is 244 Å². The first kappa shape index (κ1) is 29.8. The fraction of sp³-hybridized carbons (Fsp3) is 0.300. The van der Waals surface area contributed by atoms with Crippen molar-refractivity contribution in [1.29, 1.82) is 0 Å². The first-order valence-corrected chi connectivity index (χ1v) is 13.5. The first-order valence-electron chi connectivity index (χ1n) is 13.5. The smallest absolute Gasteiger partial charge is 0.416 e. The maximum atomic E-state index is 13.9. The maximum Gasteiger partial charge on any atom is 0.416 e. The van der Waals surface area contributed by atoms with Crippen molar-refractivity contribution in [3.8, 4) is 5.75 Å². The van der Waals surface area contributed by atoms with Crippen LogP contribution in [0.4, 0.5) is 22.4 Å². The molecule has 2 N–H and O–H groups in total. The summed E-state index contributed by atoms with van der Waals surface area (Å²) in [6.07, 6.45) is -5.94. The molecule has 2 fully saturated rings. The van der Waals surface area contributed by atoms with Gasteiger partial charge in [0.2, 0.25) is 11.8 Å². The summed E-state index contributed by atoms with van der Waals surface area (Å²) in [5.74, 6) is -2.14. The van der Waals surface area contributed by atoms with Gasteiger partial charge in [-0.2, -0.15) is 13.2 Å². The molecular formula is C30H29F4N5O4. The van der Waals surface area contributed by atoms with Crippen LogP contribution in [0.25, 0.3) is 0 Å². The number of carbonyl (C=O) groups is 3. The predicted molar refractivity (Wildman–Crippen MR) is 146 cm³/mol. The van der Waals surface area contributed by atoms with Gasteiger partial charge < -0.3 is 20.2 Å². The number of hydrogen-bond acceptors (Lipinski definition) is 5. The van der Waals surface area contributed by atoms with Crippen LogP contribution in [0.1, 0.15) is 22.3 Å². The summed E-state index contributed by atoms with van der Waals surface area (Å²) in [6.45, 7) is -0.851. The van der Waals surface area contributed by atoms with Crippen LogP contribution in [0.15, 0.2) is 72.8 Å². The van der Waals surface area contributed by atoms with E-state index < -0.39 is 54.2 Å². The summed E-state index contributed by atoms with van der Waals surface area (Å²) in [5, 5.41) is 15.2. The van der Waals surface area contributed by atoms with Gasteiger partial charge in [0.05, 0.1) is 18.7 Å². The number of aromatic hydroxyl groups is 1. The van der Waals surface area contributed by atoms with Gasteiger partial charge in [0.15, 0.2) is 0 Å². The molecule has 3 aromatic rings. The van der Waals surface area contributed by atoms with Crippen LogP contribution in [-0.2, 0) is 35.3 Å².